The molecule has 0 aliphatic rings. The summed E-state index contributed by atoms with van der Waals surface area (Å²) in [5, 5.41) is 4.22. The summed E-state index contributed by atoms with van der Waals surface area (Å²) < 4.78 is 1.96. The molecule has 0 aliphatic carbocycles. The Morgan fingerprint density at radius 2 is 2.25 bits per heavy atom. The molecule has 0 aromatic carbocycles. The lowest BCUT2D eigenvalue weighted by atomic mass is 10.3. The lowest BCUT2D eigenvalue weighted by Gasteiger charge is -2.01. The number of nitrogens with zero attached hydrogens (tertiary/aromatic N) is 2. The first-order chi connectivity index (χ1) is 7.74. The van der Waals surface area contributed by atoms with Gasteiger partial charge in [-0.1, -0.05) is 23.2 Å². The normalized spacial score (nSPS) is 11.2. The maximum absolute atomic E-state index is 6.08. The summed E-state index contributed by atoms with van der Waals surface area (Å²) in [6.45, 7) is 0.965. The molecule has 1 N–H and O–H groups in total. The average molecular weight is 258 g/mol. The number of halogens is 2. The van der Waals surface area contributed by atoms with Crippen molar-refractivity contribution in [2.75, 3.05) is 13.6 Å². The van der Waals surface area contributed by atoms with E-state index in [9.17, 15) is 0 Å². The number of pyridine rings is 1. The molecule has 0 aliphatic heterocycles. The zero-order chi connectivity index (χ0) is 11.5. The third-order valence-corrected chi connectivity index (χ3v) is 3.04. The maximum Gasteiger partial charge on any atom is 0.156 e. The van der Waals surface area contributed by atoms with E-state index in [0.29, 0.717) is 10.2 Å². The number of rotatable bonds is 4. The van der Waals surface area contributed by atoms with Crippen LogP contribution in [0.15, 0.2) is 18.3 Å². The lowest BCUT2D eigenvalue weighted by Crippen LogP contribution is -2.09. The van der Waals surface area contributed by atoms with Crippen molar-refractivity contribution in [1.29, 1.82) is 0 Å². The first-order valence-corrected chi connectivity index (χ1v) is 5.95. The standard InChI is InChI=1S/C11H13Cl2N3/c1-14-6-2-5-9-15-11(13)10-8(12)4-3-7-16(9)10/h3-4,7,14H,2,5-6H2,1H3. The highest BCUT2D eigenvalue weighted by molar-refractivity contribution is 6.39. The van der Waals surface area contributed by atoms with Crippen LogP contribution in [0.25, 0.3) is 5.52 Å². The number of aromatic nitrogens is 2. The Morgan fingerprint density at radius 1 is 1.44 bits per heavy atom. The average Bonchev–Trinajstić information content (AvgIpc) is 2.58. The number of fused-ring (bicyclic) bond motifs is 1. The zero-order valence-electron chi connectivity index (χ0n) is 9.00. The minimum absolute atomic E-state index is 0.477. The van der Waals surface area contributed by atoms with Gasteiger partial charge in [0.25, 0.3) is 0 Å². The van der Waals surface area contributed by atoms with Gasteiger partial charge < -0.3 is 9.72 Å². The van der Waals surface area contributed by atoms with E-state index in [2.05, 4.69) is 10.3 Å². The second kappa shape index (κ2) is 5.04. The third-order valence-electron chi connectivity index (χ3n) is 2.47. The fourth-order valence-corrected chi connectivity index (χ4v) is 2.31. The highest BCUT2D eigenvalue weighted by Gasteiger charge is 2.11. The van der Waals surface area contributed by atoms with Crippen LogP contribution < -0.4 is 5.32 Å². The van der Waals surface area contributed by atoms with Gasteiger partial charge in [-0.15, -0.1) is 0 Å². The van der Waals surface area contributed by atoms with E-state index in [-0.39, 0.29) is 0 Å². The predicted octanol–water partition coefficient (Wildman–Crippen LogP) is 2.79. The molecule has 0 fully saturated rings. The molecule has 5 heteroatoms. The molecule has 0 amide bonds. The molecule has 0 bridgehead atoms. The van der Waals surface area contributed by atoms with Crippen molar-refractivity contribution in [3.8, 4) is 0 Å². The summed E-state index contributed by atoms with van der Waals surface area (Å²) in [6.07, 6.45) is 3.85. The number of hydrogen-bond acceptors (Lipinski definition) is 2. The van der Waals surface area contributed by atoms with E-state index in [1.807, 2.05) is 29.8 Å². The first-order valence-electron chi connectivity index (χ1n) is 5.19. The van der Waals surface area contributed by atoms with Crippen molar-refractivity contribution >= 4 is 28.7 Å². The number of imidazole rings is 1. The Kier molecular flexibility index (Phi) is 3.69. The Bertz CT molecular complexity index is 493. The fourth-order valence-electron chi connectivity index (χ4n) is 1.71. The third kappa shape index (κ3) is 2.17. The van der Waals surface area contributed by atoms with Crippen LogP contribution in [-0.4, -0.2) is 23.0 Å². The van der Waals surface area contributed by atoms with Crippen molar-refractivity contribution in [2.24, 2.45) is 0 Å². The number of hydrogen-bond donors (Lipinski definition) is 1. The second-order valence-electron chi connectivity index (χ2n) is 3.60. The molecule has 0 saturated carbocycles. The second-order valence-corrected chi connectivity index (χ2v) is 4.37. The van der Waals surface area contributed by atoms with E-state index in [4.69, 9.17) is 23.2 Å². The topological polar surface area (TPSA) is 29.3 Å². The summed E-state index contributed by atoms with van der Waals surface area (Å²) >= 11 is 12.1. The highest BCUT2D eigenvalue weighted by atomic mass is 35.5. The van der Waals surface area contributed by atoms with Crippen LogP contribution in [0.5, 0.6) is 0 Å². The van der Waals surface area contributed by atoms with Crippen molar-refractivity contribution in [1.82, 2.24) is 14.7 Å². The summed E-state index contributed by atoms with van der Waals surface area (Å²) in [5.74, 6) is 0.956. The molecule has 2 rings (SSSR count). The molecule has 3 nitrogen and oxygen atoms in total. The molecular weight excluding hydrogens is 245 g/mol. The number of nitrogens with one attached hydrogen (secondary N) is 1. The van der Waals surface area contributed by atoms with Gasteiger partial charge in [-0.3, -0.25) is 0 Å². The van der Waals surface area contributed by atoms with Crippen LogP contribution in [0.3, 0.4) is 0 Å². The van der Waals surface area contributed by atoms with Crippen LogP contribution in [-0.2, 0) is 6.42 Å². The smallest absolute Gasteiger partial charge is 0.156 e. The molecule has 0 spiro atoms. The van der Waals surface area contributed by atoms with Gasteiger partial charge in [-0.25, -0.2) is 4.98 Å². The van der Waals surface area contributed by atoms with E-state index < -0.39 is 0 Å². The van der Waals surface area contributed by atoms with Crippen LogP contribution in [0.4, 0.5) is 0 Å². The molecule has 86 valence electrons. The van der Waals surface area contributed by atoms with Gasteiger partial charge in [0.15, 0.2) is 5.15 Å². The van der Waals surface area contributed by atoms with E-state index in [1.54, 1.807) is 0 Å². The summed E-state index contributed by atoms with van der Waals surface area (Å²) in [6, 6.07) is 3.72. The molecule has 0 atom stereocenters. The minimum Gasteiger partial charge on any atom is -0.320 e. The SMILES string of the molecule is CNCCCc1nc(Cl)c2c(Cl)cccn12. The quantitative estimate of drug-likeness (QED) is 0.854. The van der Waals surface area contributed by atoms with Crippen LogP contribution in [0.2, 0.25) is 10.2 Å². The fraction of sp³-hybridized carbons (Fsp3) is 0.364. The van der Waals surface area contributed by atoms with Crippen molar-refractivity contribution in [3.63, 3.8) is 0 Å². The Labute approximate surface area is 104 Å². The van der Waals surface area contributed by atoms with E-state index >= 15 is 0 Å². The molecule has 0 saturated heterocycles. The Morgan fingerprint density at radius 3 is 3.00 bits per heavy atom. The van der Waals surface area contributed by atoms with Crippen molar-refractivity contribution in [2.45, 2.75) is 12.8 Å². The van der Waals surface area contributed by atoms with E-state index in [1.165, 1.54) is 0 Å². The lowest BCUT2D eigenvalue weighted by molar-refractivity contribution is 0.701. The molecule has 2 aromatic rings. The molecule has 16 heavy (non-hydrogen) atoms. The van der Waals surface area contributed by atoms with Gasteiger partial charge in [-0.05, 0) is 32.1 Å². The highest BCUT2D eigenvalue weighted by Crippen LogP contribution is 2.26. The van der Waals surface area contributed by atoms with Gasteiger partial charge in [-0.2, -0.15) is 0 Å². The summed E-state index contributed by atoms with van der Waals surface area (Å²) in [4.78, 5) is 4.34. The Hall–Kier alpha value is -0.770. The van der Waals surface area contributed by atoms with Crippen LogP contribution >= 0.6 is 23.2 Å². The molecule has 2 aromatic heterocycles. The first kappa shape index (κ1) is 11.7. The van der Waals surface area contributed by atoms with E-state index in [0.717, 1.165) is 30.7 Å². The molecule has 0 unspecified atom stereocenters. The largest absolute Gasteiger partial charge is 0.320 e. The molecule has 2 heterocycles. The van der Waals surface area contributed by atoms with Gasteiger partial charge in [0.2, 0.25) is 0 Å². The summed E-state index contributed by atoms with van der Waals surface area (Å²) in [7, 11) is 1.94. The van der Waals surface area contributed by atoms with Crippen LogP contribution in [0.1, 0.15) is 12.2 Å². The maximum atomic E-state index is 6.08. The minimum atomic E-state index is 0.477. The van der Waals surface area contributed by atoms with Gasteiger partial charge in [0.1, 0.15) is 11.3 Å². The van der Waals surface area contributed by atoms with Crippen molar-refractivity contribution in [3.05, 3.63) is 34.3 Å². The van der Waals surface area contributed by atoms with Gasteiger partial charge >= 0.3 is 0 Å². The summed E-state index contributed by atoms with van der Waals surface area (Å²) in [5.41, 5.74) is 0.797. The number of aryl methyl sites for hydroxylation is 1. The molecule has 0 radical (unpaired) electrons. The van der Waals surface area contributed by atoms with Gasteiger partial charge in [0.05, 0.1) is 5.02 Å². The monoisotopic (exact) mass is 257 g/mol. The molecular formula is C11H13Cl2N3. The Balaban J connectivity index is 2.36. The van der Waals surface area contributed by atoms with Crippen LogP contribution in [0, 0.1) is 0 Å². The predicted molar refractivity (Wildman–Crippen MR) is 67.5 cm³/mol. The van der Waals surface area contributed by atoms with Crippen molar-refractivity contribution < 1.29 is 0 Å². The van der Waals surface area contributed by atoms with Gasteiger partial charge in [0, 0.05) is 12.6 Å². The zero-order valence-corrected chi connectivity index (χ0v) is 10.5.